The minimum absolute atomic E-state index is 0.0910. The van der Waals surface area contributed by atoms with Crippen molar-refractivity contribution in [2.45, 2.75) is 63.7 Å². The summed E-state index contributed by atoms with van der Waals surface area (Å²) in [5.41, 5.74) is 0.516. The topological polar surface area (TPSA) is 107 Å². The zero-order valence-electron chi connectivity index (χ0n) is 16.2. The van der Waals surface area contributed by atoms with Crippen molar-refractivity contribution in [1.29, 1.82) is 0 Å². The Balaban J connectivity index is 3.43. The second kappa shape index (κ2) is 7.65. The third-order valence-corrected chi connectivity index (χ3v) is 6.22. The van der Waals surface area contributed by atoms with E-state index in [0.29, 0.717) is 22.4 Å². The quantitative estimate of drug-likeness (QED) is 0.749. The van der Waals surface area contributed by atoms with Crippen molar-refractivity contribution in [3.63, 3.8) is 0 Å². The normalized spacial score (nSPS) is 13.2. The first-order valence-electron chi connectivity index (χ1n) is 8.05. The van der Waals surface area contributed by atoms with Gasteiger partial charge in [-0.25, -0.2) is 8.42 Å². The Morgan fingerprint density at radius 2 is 1.69 bits per heavy atom. The Kier molecular flexibility index (Phi) is 6.46. The summed E-state index contributed by atoms with van der Waals surface area (Å²) in [6.45, 7) is 9.71. The number of rotatable bonds is 6. The smallest absolute Gasteiger partial charge is 0.322 e. The van der Waals surface area contributed by atoms with Gasteiger partial charge in [-0.15, -0.1) is 0 Å². The van der Waals surface area contributed by atoms with E-state index in [1.54, 1.807) is 47.6 Å². The predicted octanol–water partition coefficient (Wildman–Crippen LogP) is 2.58. The highest BCUT2D eigenvalue weighted by molar-refractivity contribution is 7.93. The Bertz CT molecular complexity index is 817. The van der Waals surface area contributed by atoms with Gasteiger partial charge in [-0.2, -0.15) is 0 Å². The van der Waals surface area contributed by atoms with Gasteiger partial charge < -0.3 is 14.6 Å². The fraction of sp³-hybridized carbons (Fsp3) is 0.556. The highest BCUT2D eigenvalue weighted by Crippen LogP contribution is 2.33. The number of benzene rings is 1. The van der Waals surface area contributed by atoms with Gasteiger partial charge in [0, 0.05) is 0 Å². The Morgan fingerprint density at radius 3 is 2.12 bits per heavy atom. The van der Waals surface area contributed by atoms with E-state index in [-0.39, 0.29) is 4.90 Å². The molecule has 1 aromatic carbocycles. The van der Waals surface area contributed by atoms with Crippen molar-refractivity contribution in [3.05, 3.63) is 22.8 Å². The molecule has 0 saturated carbocycles. The summed E-state index contributed by atoms with van der Waals surface area (Å²) < 4.78 is 36.4. The maximum atomic E-state index is 13.0. The number of sulfone groups is 1. The SMILES string of the molecule is COc1cc(C)c(S(=O)(=O)[C@@H](CC(=O)OC(C)(C)C)C(=O)O)c(C)c1C. The zero-order chi connectivity index (χ0) is 20.4. The molecule has 0 unspecified atom stereocenters. The molecule has 0 fully saturated rings. The minimum atomic E-state index is -4.32. The van der Waals surface area contributed by atoms with Gasteiger partial charge in [0.25, 0.3) is 0 Å². The Hall–Kier alpha value is -2.09. The van der Waals surface area contributed by atoms with Gasteiger partial charge in [-0.05, 0) is 64.3 Å². The standard InChI is InChI=1S/C18H26O7S/c1-10-8-13(24-7)11(2)12(3)16(10)26(22,23)14(17(20)21)9-15(19)25-18(4,5)6/h8,14H,9H2,1-7H3,(H,20,21)/t14-/m0/s1. The van der Waals surface area contributed by atoms with Crippen LogP contribution in [0.2, 0.25) is 0 Å². The van der Waals surface area contributed by atoms with Gasteiger partial charge in [0.2, 0.25) is 0 Å². The largest absolute Gasteiger partial charge is 0.496 e. The summed E-state index contributed by atoms with van der Waals surface area (Å²) in [7, 11) is -2.85. The molecule has 0 saturated heterocycles. The predicted molar refractivity (Wildman–Crippen MR) is 96.3 cm³/mol. The summed E-state index contributed by atoms with van der Waals surface area (Å²) in [6, 6.07) is 1.54. The van der Waals surface area contributed by atoms with Crippen LogP contribution in [0.15, 0.2) is 11.0 Å². The summed E-state index contributed by atoms with van der Waals surface area (Å²) in [4.78, 5) is 23.6. The lowest BCUT2D eigenvalue weighted by Crippen LogP contribution is -2.36. The second-order valence-corrected chi connectivity index (χ2v) is 9.20. The average Bonchev–Trinajstić information content (AvgIpc) is 2.46. The molecule has 0 spiro atoms. The van der Waals surface area contributed by atoms with E-state index in [0.717, 1.165) is 0 Å². The number of carboxylic acids is 1. The lowest BCUT2D eigenvalue weighted by Gasteiger charge is -2.22. The first kappa shape index (κ1) is 22.0. The molecule has 0 heterocycles. The van der Waals surface area contributed by atoms with Crippen LogP contribution in [0, 0.1) is 20.8 Å². The van der Waals surface area contributed by atoms with Crippen LogP contribution in [0.3, 0.4) is 0 Å². The summed E-state index contributed by atoms with van der Waals surface area (Å²) in [6.07, 6.45) is -0.765. The van der Waals surface area contributed by atoms with Crippen LogP contribution >= 0.6 is 0 Å². The number of ether oxygens (including phenoxy) is 2. The highest BCUT2D eigenvalue weighted by atomic mass is 32.2. The van der Waals surface area contributed by atoms with E-state index in [9.17, 15) is 23.1 Å². The number of carboxylic acid groups (broad SMARTS) is 1. The van der Waals surface area contributed by atoms with Gasteiger partial charge in [-0.1, -0.05) is 0 Å². The van der Waals surface area contributed by atoms with E-state index >= 15 is 0 Å². The van der Waals surface area contributed by atoms with Crippen LogP contribution in [-0.2, 0) is 24.2 Å². The van der Waals surface area contributed by atoms with Crippen LogP contribution in [-0.4, -0.2) is 43.4 Å². The molecular formula is C18H26O7S. The van der Waals surface area contributed by atoms with Crippen molar-refractivity contribution in [2.75, 3.05) is 7.11 Å². The molecule has 0 aliphatic carbocycles. The van der Waals surface area contributed by atoms with Crippen molar-refractivity contribution in [2.24, 2.45) is 0 Å². The fourth-order valence-electron chi connectivity index (χ4n) is 2.68. The molecule has 0 bridgehead atoms. The summed E-state index contributed by atoms with van der Waals surface area (Å²) >= 11 is 0. The van der Waals surface area contributed by atoms with Gasteiger partial charge in [-0.3, -0.25) is 9.59 Å². The molecule has 146 valence electrons. The molecular weight excluding hydrogens is 360 g/mol. The molecule has 0 radical (unpaired) electrons. The number of aliphatic carboxylic acids is 1. The number of esters is 1. The van der Waals surface area contributed by atoms with Gasteiger partial charge in [0.15, 0.2) is 15.1 Å². The number of hydrogen-bond acceptors (Lipinski definition) is 6. The molecule has 7 nitrogen and oxygen atoms in total. The van der Waals surface area contributed by atoms with Crippen molar-refractivity contribution in [3.8, 4) is 5.75 Å². The van der Waals surface area contributed by atoms with E-state index < -0.39 is 39.0 Å². The molecule has 1 atom stereocenters. The van der Waals surface area contributed by atoms with Crippen molar-refractivity contribution >= 4 is 21.8 Å². The van der Waals surface area contributed by atoms with Crippen LogP contribution in [0.25, 0.3) is 0 Å². The minimum Gasteiger partial charge on any atom is -0.496 e. The Labute approximate surface area is 154 Å². The first-order chi connectivity index (χ1) is 11.7. The zero-order valence-corrected chi connectivity index (χ0v) is 17.0. The maximum absolute atomic E-state index is 13.0. The Morgan fingerprint density at radius 1 is 1.15 bits per heavy atom. The number of methoxy groups -OCH3 is 1. The van der Waals surface area contributed by atoms with Crippen LogP contribution < -0.4 is 4.74 Å². The van der Waals surface area contributed by atoms with Crippen LogP contribution in [0.1, 0.15) is 43.9 Å². The molecule has 0 aliphatic heterocycles. The first-order valence-corrected chi connectivity index (χ1v) is 9.60. The van der Waals surface area contributed by atoms with Crippen LogP contribution in [0.5, 0.6) is 5.75 Å². The van der Waals surface area contributed by atoms with E-state index in [2.05, 4.69) is 0 Å². The monoisotopic (exact) mass is 386 g/mol. The molecule has 0 amide bonds. The molecule has 0 aliphatic rings. The van der Waals surface area contributed by atoms with Crippen molar-refractivity contribution < 1.29 is 32.6 Å². The molecule has 1 aromatic rings. The van der Waals surface area contributed by atoms with Gasteiger partial charge in [0.1, 0.15) is 11.4 Å². The summed E-state index contributed by atoms with van der Waals surface area (Å²) in [5.74, 6) is -1.96. The third kappa shape index (κ3) is 4.75. The lowest BCUT2D eigenvalue weighted by molar-refractivity contribution is -0.156. The molecule has 1 N–H and O–H groups in total. The highest BCUT2D eigenvalue weighted by Gasteiger charge is 2.39. The van der Waals surface area contributed by atoms with Gasteiger partial charge in [0.05, 0.1) is 18.4 Å². The number of carbonyl (C=O) groups excluding carboxylic acids is 1. The number of carbonyl (C=O) groups is 2. The average molecular weight is 386 g/mol. The lowest BCUT2D eigenvalue weighted by atomic mass is 10.1. The van der Waals surface area contributed by atoms with Crippen molar-refractivity contribution in [1.82, 2.24) is 0 Å². The van der Waals surface area contributed by atoms with E-state index in [4.69, 9.17) is 9.47 Å². The molecule has 8 heteroatoms. The number of hydrogen-bond donors (Lipinski definition) is 1. The van der Waals surface area contributed by atoms with E-state index in [1.807, 2.05) is 0 Å². The van der Waals surface area contributed by atoms with Gasteiger partial charge >= 0.3 is 11.9 Å². The third-order valence-electron chi connectivity index (χ3n) is 3.90. The van der Waals surface area contributed by atoms with E-state index in [1.165, 1.54) is 7.11 Å². The fourth-order valence-corrected chi connectivity index (χ4v) is 4.67. The number of aryl methyl sites for hydroxylation is 1. The van der Waals surface area contributed by atoms with Crippen LogP contribution in [0.4, 0.5) is 0 Å². The molecule has 1 rings (SSSR count). The second-order valence-electron chi connectivity index (χ2n) is 7.14. The summed E-state index contributed by atoms with van der Waals surface area (Å²) in [5, 5.41) is 7.53. The molecule has 26 heavy (non-hydrogen) atoms. The maximum Gasteiger partial charge on any atom is 0.322 e. The molecule has 0 aromatic heterocycles.